The molecule has 1 N–H and O–H groups in total. The number of carbonyl (C=O) groups is 1. The zero-order valence-electron chi connectivity index (χ0n) is 12.8. The highest BCUT2D eigenvalue weighted by Crippen LogP contribution is 2.26. The van der Waals surface area contributed by atoms with Crippen molar-refractivity contribution in [3.63, 3.8) is 0 Å². The molecule has 0 spiro atoms. The largest absolute Gasteiger partial charge is 0.495 e. The van der Waals surface area contributed by atoms with Gasteiger partial charge in [0.2, 0.25) is 5.91 Å². The van der Waals surface area contributed by atoms with E-state index in [1.807, 2.05) is 30.3 Å². The summed E-state index contributed by atoms with van der Waals surface area (Å²) in [5.41, 5.74) is 1.97. The first-order chi connectivity index (χ1) is 11.2. The van der Waals surface area contributed by atoms with Crippen molar-refractivity contribution in [3.05, 3.63) is 58.6 Å². The third kappa shape index (κ3) is 3.77. The van der Waals surface area contributed by atoms with Crippen LogP contribution >= 0.6 is 11.6 Å². The number of methoxy groups -OCH3 is 1. The molecule has 1 aliphatic rings. The molecule has 0 saturated carbocycles. The van der Waals surface area contributed by atoms with Gasteiger partial charge in [0, 0.05) is 0 Å². The first-order valence-corrected chi connectivity index (χ1v) is 7.86. The Hall–Kier alpha value is -2.20. The average molecular weight is 332 g/mol. The van der Waals surface area contributed by atoms with E-state index in [1.54, 1.807) is 19.2 Å². The van der Waals surface area contributed by atoms with Crippen molar-refractivity contribution in [1.82, 2.24) is 5.32 Å². The molecule has 2 aromatic carbocycles. The van der Waals surface area contributed by atoms with Gasteiger partial charge in [-0.1, -0.05) is 35.9 Å². The number of nitrogens with one attached hydrogen (secondary N) is 1. The fourth-order valence-corrected chi connectivity index (χ4v) is 2.98. The Bertz CT molecular complexity index is 717. The van der Waals surface area contributed by atoms with Gasteiger partial charge in [0.1, 0.15) is 18.1 Å². The van der Waals surface area contributed by atoms with Gasteiger partial charge in [-0.05, 0) is 35.7 Å². The second-order valence-corrected chi connectivity index (χ2v) is 5.94. The quantitative estimate of drug-likeness (QED) is 0.937. The summed E-state index contributed by atoms with van der Waals surface area (Å²) in [6.45, 7) is 0.492. The van der Waals surface area contributed by atoms with Crippen molar-refractivity contribution in [2.24, 2.45) is 0 Å². The van der Waals surface area contributed by atoms with Crippen LogP contribution in [-0.4, -0.2) is 25.7 Å². The van der Waals surface area contributed by atoms with E-state index in [0.29, 0.717) is 17.4 Å². The van der Waals surface area contributed by atoms with Crippen molar-refractivity contribution in [2.75, 3.05) is 13.7 Å². The predicted molar refractivity (Wildman–Crippen MR) is 89.3 cm³/mol. The van der Waals surface area contributed by atoms with Crippen molar-refractivity contribution < 1.29 is 14.3 Å². The summed E-state index contributed by atoms with van der Waals surface area (Å²) < 4.78 is 10.8. The van der Waals surface area contributed by atoms with E-state index >= 15 is 0 Å². The maximum Gasteiger partial charge on any atom is 0.224 e. The van der Waals surface area contributed by atoms with Gasteiger partial charge in [-0.3, -0.25) is 4.79 Å². The number of hydrogen-bond acceptors (Lipinski definition) is 3. The smallest absolute Gasteiger partial charge is 0.224 e. The maximum atomic E-state index is 12.2. The molecule has 0 radical (unpaired) electrons. The molecule has 120 valence electrons. The minimum atomic E-state index is -0.0424. The minimum absolute atomic E-state index is 0.00822. The van der Waals surface area contributed by atoms with Crippen molar-refractivity contribution in [2.45, 2.75) is 18.9 Å². The van der Waals surface area contributed by atoms with E-state index in [1.165, 1.54) is 0 Å². The molecule has 1 amide bonds. The molecule has 0 aromatic heterocycles. The fourth-order valence-electron chi connectivity index (χ4n) is 2.70. The molecule has 4 nitrogen and oxygen atoms in total. The number of rotatable bonds is 4. The SMILES string of the molecule is COc1ccc(CC(=O)NC2COc3ccccc3C2)cc1Cl. The second-order valence-electron chi connectivity index (χ2n) is 5.53. The maximum absolute atomic E-state index is 12.2. The van der Waals surface area contributed by atoms with Gasteiger partial charge in [0.05, 0.1) is 24.6 Å². The van der Waals surface area contributed by atoms with E-state index in [2.05, 4.69) is 5.32 Å². The van der Waals surface area contributed by atoms with Crippen LogP contribution < -0.4 is 14.8 Å². The lowest BCUT2D eigenvalue weighted by atomic mass is 10.0. The Labute approximate surface area is 140 Å². The highest BCUT2D eigenvalue weighted by Gasteiger charge is 2.21. The lowest BCUT2D eigenvalue weighted by Gasteiger charge is -2.26. The van der Waals surface area contributed by atoms with Crippen LogP contribution in [0.4, 0.5) is 0 Å². The minimum Gasteiger partial charge on any atom is -0.495 e. The standard InChI is InChI=1S/C18H18ClNO3/c1-22-17-7-6-12(8-15(17)19)9-18(21)20-14-10-13-4-2-3-5-16(13)23-11-14/h2-8,14H,9-11H2,1H3,(H,20,21). The Balaban J connectivity index is 1.59. The lowest BCUT2D eigenvalue weighted by Crippen LogP contribution is -2.43. The Morgan fingerprint density at radius 1 is 1.35 bits per heavy atom. The number of halogens is 1. The highest BCUT2D eigenvalue weighted by atomic mass is 35.5. The molecule has 0 saturated heterocycles. The average Bonchev–Trinajstić information content (AvgIpc) is 2.55. The van der Waals surface area contributed by atoms with E-state index in [-0.39, 0.29) is 18.4 Å². The summed E-state index contributed by atoms with van der Waals surface area (Å²) in [7, 11) is 1.56. The van der Waals surface area contributed by atoms with E-state index < -0.39 is 0 Å². The topological polar surface area (TPSA) is 47.6 Å². The number of amides is 1. The molecule has 2 aromatic rings. The van der Waals surface area contributed by atoms with Gasteiger partial charge < -0.3 is 14.8 Å². The molecule has 0 fully saturated rings. The van der Waals surface area contributed by atoms with E-state index in [9.17, 15) is 4.79 Å². The molecule has 3 rings (SSSR count). The summed E-state index contributed by atoms with van der Waals surface area (Å²) in [6, 6.07) is 13.3. The number of fused-ring (bicyclic) bond motifs is 1. The normalized spacial score (nSPS) is 16.2. The van der Waals surface area contributed by atoms with Crippen LogP contribution in [0.3, 0.4) is 0 Å². The summed E-state index contributed by atoms with van der Waals surface area (Å²) in [5.74, 6) is 1.47. The van der Waals surface area contributed by atoms with Gasteiger partial charge in [0.25, 0.3) is 0 Å². The van der Waals surface area contributed by atoms with Crippen LogP contribution in [0.25, 0.3) is 0 Å². The summed E-state index contributed by atoms with van der Waals surface area (Å²) >= 11 is 6.08. The lowest BCUT2D eigenvalue weighted by molar-refractivity contribution is -0.121. The van der Waals surface area contributed by atoms with Gasteiger partial charge in [0.15, 0.2) is 0 Å². The first kappa shape index (κ1) is 15.7. The summed E-state index contributed by atoms with van der Waals surface area (Å²) in [4.78, 5) is 12.2. The Kier molecular flexibility index (Phi) is 4.72. The number of carbonyl (C=O) groups excluding carboxylic acids is 1. The Morgan fingerprint density at radius 2 is 2.17 bits per heavy atom. The molecule has 23 heavy (non-hydrogen) atoms. The predicted octanol–water partition coefficient (Wildman–Crippen LogP) is 3.01. The highest BCUT2D eigenvalue weighted by molar-refractivity contribution is 6.32. The molecule has 0 aliphatic carbocycles. The third-order valence-electron chi connectivity index (χ3n) is 3.82. The molecule has 1 unspecified atom stereocenters. The van der Waals surface area contributed by atoms with Crippen LogP contribution in [0, 0.1) is 0 Å². The van der Waals surface area contributed by atoms with Crippen molar-refractivity contribution in [3.8, 4) is 11.5 Å². The fraction of sp³-hybridized carbons (Fsp3) is 0.278. The second kappa shape index (κ2) is 6.92. The van der Waals surface area contributed by atoms with Crippen LogP contribution in [0.5, 0.6) is 11.5 Å². The van der Waals surface area contributed by atoms with Crippen LogP contribution in [0.15, 0.2) is 42.5 Å². The van der Waals surface area contributed by atoms with Crippen LogP contribution in [0.1, 0.15) is 11.1 Å². The molecule has 1 heterocycles. The number of ether oxygens (including phenoxy) is 2. The van der Waals surface area contributed by atoms with E-state index in [4.69, 9.17) is 21.1 Å². The molecule has 1 aliphatic heterocycles. The first-order valence-electron chi connectivity index (χ1n) is 7.48. The third-order valence-corrected chi connectivity index (χ3v) is 4.12. The van der Waals surface area contributed by atoms with Gasteiger partial charge in [-0.15, -0.1) is 0 Å². The molecule has 5 heteroatoms. The number of benzene rings is 2. The molecule has 0 bridgehead atoms. The van der Waals surface area contributed by atoms with Crippen LogP contribution in [0.2, 0.25) is 5.02 Å². The zero-order chi connectivity index (χ0) is 16.2. The zero-order valence-corrected chi connectivity index (χ0v) is 13.6. The van der Waals surface area contributed by atoms with Gasteiger partial charge in [-0.25, -0.2) is 0 Å². The Morgan fingerprint density at radius 3 is 2.96 bits per heavy atom. The van der Waals surface area contributed by atoms with Gasteiger partial charge in [-0.2, -0.15) is 0 Å². The van der Waals surface area contributed by atoms with Crippen molar-refractivity contribution in [1.29, 1.82) is 0 Å². The molecule has 1 atom stereocenters. The van der Waals surface area contributed by atoms with Crippen LogP contribution in [-0.2, 0) is 17.6 Å². The monoisotopic (exact) mass is 331 g/mol. The molecular weight excluding hydrogens is 314 g/mol. The van der Waals surface area contributed by atoms with Crippen molar-refractivity contribution >= 4 is 17.5 Å². The number of hydrogen-bond donors (Lipinski definition) is 1. The summed E-state index contributed by atoms with van der Waals surface area (Å²) in [6.07, 6.45) is 1.06. The number of para-hydroxylation sites is 1. The summed E-state index contributed by atoms with van der Waals surface area (Å²) in [5, 5.41) is 3.53. The molecular formula is C18H18ClNO3. The van der Waals surface area contributed by atoms with E-state index in [0.717, 1.165) is 23.3 Å². The van der Waals surface area contributed by atoms with Gasteiger partial charge >= 0.3 is 0 Å².